The molecule has 0 heteroatoms. The van der Waals surface area contributed by atoms with Crippen molar-refractivity contribution in [3.8, 4) is 0 Å². The summed E-state index contributed by atoms with van der Waals surface area (Å²) in [5.74, 6) is 1.87. The van der Waals surface area contributed by atoms with E-state index in [9.17, 15) is 0 Å². The summed E-state index contributed by atoms with van der Waals surface area (Å²) in [6.45, 7) is 11.4. The van der Waals surface area contributed by atoms with Gasteiger partial charge < -0.3 is 0 Å². The van der Waals surface area contributed by atoms with Crippen molar-refractivity contribution in [1.29, 1.82) is 0 Å². The number of rotatable bonds is 5. The molecular weight excluding hydrogens is 336 g/mol. The van der Waals surface area contributed by atoms with Crippen LogP contribution in [0.3, 0.4) is 0 Å². The van der Waals surface area contributed by atoms with E-state index >= 15 is 0 Å². The van der Waals surface area contributed by atoms with E-state index in [1.807, 2.05) is 0 Å². The number of unbranched alkanes of at least 4 members (excludes halogenated alkanes) is 1. The van der Waals surface area contributed by atoms with Gasteiger partial charge in [0.15, 0.2) is 0 Å². The van der Waals surface area contributed by atoms with Crippen LogP contribution in [0.2, 0.25) is 0 Å². The third-order valence-corrected chi connectivity index (χ3v) is 6.81. The molecule has 2 aromatic rings. The van der Waals surface area contributed by atoms with E-state index in [2.05, 4.69) is 89.2 Å². The van der Waals surface area contributed by atoms with E-state index in [4.69, 9.17) is 0 Å². The highest BCUT2D eigenvalue weighted by molar-refractivity contribution is 5.87. The van der Waals surface area contributed by atoms with Gasteiger partial charge in [-0.15, -0.1) is 0 Å². The molecule has 0 spiro atoms. The molecule has 0 N–H and O–H groups in total. The fourth-order valence-corrected chi connectivity index (χ4v) is 4.80. The Labute approximate surface area is 170 Å². The quantitative estimate of drug-likeness (QED) is 0.505. The van der Waals surface area contributed by atoms with Gasteiger partial charge in [0, 0.05) is 11.8 Å². The molecule has 28 heavy (non-hydrogen) atoms. The summed E-state index contributed by atoms with van der Waals surface area (Å²) in [7, 11) is 0. The van der Waals surface area contributed by atoms with Crippen LogP contribution in [0.25, 0.3) is 5.57 Å². The summed E-state index contributed by atoms with van der Waals surface area (Å²) >= 11 is 0. The zero-order valence-electron chi connectivity index (χ0n) is 17.9. The minimum absolute atomic E-state index is 0.360. The molecule has 1 radical (unpaired) electrons. The van der Waals surface area contributed by atoms with Gasteiger partial charge in [0.1, 0.15) is 0 Å². The Morgan fingerprint density at radius 3 is 2.04 bits per heavy atom. The highest BCUT2D eigenvalue weighted by Gasteiger charge is 2.36. The zero-order valence-corrected chi connectivity index (χ0v) is 17.9. The van der Waals surface area contributed by atoms with E-state index in [0.29, 0.717) is 5.92 Å². The molecule has 4 rings (SSSR count). The van der Waals surface area contributed by atoms with Gasteiger partial charge in [-0.05, 0) is 79.5 Å². The predicted octanol–water partition coefficient (Wildman–Crippen LogP) is 7.82. The van der Waals surface area contributed by atoms with E-state index < -0.39 is 0 Å². The Morgan fingerprint density at radius 2 is 1.39 bits per heavy atom. The van der Waals surface area contributed by atoms with Crippen LogP contribution in [0.15, 0.2) is 76.9 Å². The van der Waals surface area contributed by atoms with Gasteiger partial charge in [-0.2, -0.15) is 0 Å². The van der Waals surface area contributed by atoms with Crippen LogP contribution in [0.1, 0.15) is 75.6 Å². The molecule has 0 aliphatic heterocycles. The normalized spacial score (nSPS) is 19.5. The van der Waals surface area contributed by atoms with E-state index in [1.54, 1.807) is 0 Å². The van der Waals surface area contributed by atoms with Crippen LogP contribution in [0, 0.1) is 5.92 Å². The topological polar surface area (TPSA) is 0 Å². The average Bonchev–Trinajstić information content (AvgIpc) is 3.18. The van der Waals surface area contributed by atoms with Gasteiger partial charge in [-0.1, -0.05) is 79.1 Å². The van der Waals surface area contributed by atoms with Gasteiger partial charge in [0.25, 0.3) is 0 Å². The fraction of sp³-hybridized carbons (Fsp3) is 0.321. The standard InChI is InChI=1S/C28H31/c1-6-7-10-22-13-15-23(16-14-22)26-17-27(25-12-9-8-11-24(25)26)28-20(4)18(2)19(3)21(28)5/h8-9,11-17,27H,6-7,10H2,1-5H3. The number of benzene rings is 2. The van der Waals surface area contributed by atoms with Crippen molar-refractivity contribution >= 4 is 5.57 Å². The molecule has 2 aliphatic rings. The van der Waals surface area contributed by atoms with Gasteiger partial charge >= 0.3 is 0 Å². The number of fused-ring (bicyclic) bond motifs is 1. The van der Waals surface area contributed by atoms with Crippen LogP contribution in [0.4, 0.5) is 0 Å². The predicted molar refractivity (Wildman–Crippen MR) is 121 cm³/mol. The maximum atomic E-state index is 2.50. The van der Waals surface area contributed by atoms with Gasteiger partial charge in [0.2, 0.25) is 0 Å². The van der Waals surface area contributed by atoms with Crippen molar-refractivity contribution in [3.63, 3.8) is 0 Å². The maximum absolute atomic E-state index is 2.50. The summed E-state index contributed by atoms with van der Waals surface area (Å²) in [6.07, 6.45) is 6.19. The molecule has 2 aliphatic carbocycles. The van der Waals surface area contributed by atoms with Gasteiger partial charge in [-0.25, -0.2) is 0 Å². The molecule has 0 saturated heterocycles. The number of hydrogen-bond acceptors (Lipinski definition) is 0. The minimum atomic E-state index is 0.360. The molecule has 1 unspecified atom stereocenters. The lowest BCUT2D eigenvalue weighted by Crippen LogP contribution is -2.08. The van der Waals surface area contributed by atoms with Crippen LogP contribution >= 0.6 is 0 Å². The number of hydrogen-bond donors (Lipinski definition) is 0. The second-order valence-corrected chi connectivity index (χ2v) is 8.36. The lowest BCUT2D eigenvalue weighted by atomic mass is 9.81. The molecule has 0 nitrogen and oxygen atoms in total. The Bertz CT molecular complexity index is 955. The molecule has 0 fully saturated rings. The molecule has 0 aromatic heterocycles. The smallest absolute Gasteiger partial charge is 0.0370 e. The lowest BCUT2D eigenvalue weighted by molar-refractivity contribution is 0.795. The van der Waals surface area contributed by atoms with Crippen molar-refractivity contribution in [2.24, 2.45) is 0 Å². The van der Waals surface area contributed by atoms with E-state index in [1.165, 1.54) is 75.3 Å². The Hall–Kier alpha value is -2.34. The van der Waals surface area contributed by atoms with E-state index in [0.717, 1.165) is 0 Å². The first-order valence-corrected chi connectivity index (χ1v) is 10.7. The Balaban J connectivity index is 1.74. The fourth-order valence-electron chi connectivity index (χ4n) is 4.80. The van der Waals surface area contributed by atoms with Crippen molar-refractivity contribution in [3.05, 3.63) is 105 Å². The second kappa shape index (κ2) is 7.59. The van der Waals surface area contributed by atoms with Gasteiger partial charge in [0.05, 0.1) is 0 Å². The van der Waals surface area contributed by atoms with Crippen LogP contribution in [0.5, 0.6) is 0 Å². The first kappa shape index (κ1) is 19.0. The van der Waals surface area contributed by atoms with Crippen molar-refractivity contribution in [2.75, 3.05) is 0 Å². The highest BCUT2D eigenvalue weighted by Crippen LogP contribution is 2.52. The SMILES string of the molecule is CCCCc1ccc(C2=CC([C]3C(C)=C(C)C(C)=C3C)c3ccccc32)cc1. The maximum Gasteiger partial charge on any atom is 0.0370 e. The summed E-state index contributed by atoms with van der Waals surface area (Å²) < 4.78 is 0. The molecule has 2 aromatic carbocycles. The molecule has 0 saturated carbocycles. The molecule has 143 valence electrons. The summed E-state index contributed by atoms with van der Waals surface area (Å²) in [6, 6.07) is 18.2. The van der Waals surface area contributed by atoms with Crippen molar-refractivity contribution in [2.45, 2.75) is 59.8 Å². The third-order valence-electron chi connectivity index (χ3n) is 6.81. The zero-order chi connectivity index (χ0) is 19.8. The lowest BCUT2D eigenvalue weighted by Gasteiger charge is -2.22. The first-order valence-electron chi connectivity index (χ1n) is 10.7. The van der Waals surface area contributed by atoms with Gasteiger partial charge in [-0.3, -0.25) is 0 Å². The molecule has 0 heterocycles. The number of allylic oxidation sites excluding steroid dienone is 5. The highest BCUT2D eigenvalue weighted by atomic mass is 14.4. The second-order valence-electron chi connectivity index (χ2n) is 8.36. The average molecular weight is 368 g/mol. The number of aryl methyl sites for hydroxylation is 1. The molecular formula is C28H31. The monoisotopic (exact) mass is 367 g/mol. The largest absolute Gasteiger partial charge is 0.0672 e. The van der Waals surface area contributed by atoms with Crippen molar-refractivity contribution in [1.82, 2.24) is 0 Å². The summed E-state index contributed by atoms with van der Waals surface area (Å²) in [5, 5.41) is 0. The van der Waals surface area contributed by atoms with Crippen LogP contribution in [-0.4, -0.2) is 0 Å². The first-order chi connectivity index (χ1) is 13.5. The van der Waals surface area contributed by atoms with E-state index in [-0.39, 0.29) is 0 Å². The Morgan fingerprint density at radius 1 is 0.750 bits per heavy atom. The Kier molecular flexibility index (Phi) is 5.15. The van der Waals surface area contributed by atoms with Crippen LogP contribution < -0.4 is 0 Å². The summed E-state index contributed by atoms with van der Waals surface area (Å²) in [5.41, 5.74) is 12.8. The van der Waals surface area contributed by atoms with Crippen molar-refractivity contribution < 1.29 is 0 Å². The molecule has 1 atom stereocenters. The summed E-state index contributed by atoms with van der Waals surface area (Å²) in [4.78, 5) is 0. The third kappa shape index (κ3) is 3.09. The molecule has 0 amide bonds. The molecule has 0 bridgehead atoms. The van der Waals surface area contributed by atoms with Crippen LogP contribution in [-0.2, 0) is 6.42 Å². The minimum Gasteiger partial charge on any atom is -0.0672 e.